The highest BCUT2D eigenvalue weighted by molar-refractivity contribution is 9.10. The Kier molecular flexibility index (Phi) is 2.40. The van der Waals surface area contributed by atoms with Gasteiger partial charge in [-0.25, -0.2) is 0 Å². The van der Waals surface area contributed by atoms with E-state index >= 15 is 0 Å². The Balaban J connectivity index is 3.03. The highest BCUT2D eigenvalue weighted by atomic mass is 79.9. The molecule has 0 saturated carbocycles. The summed E-state index contributed by atoms with van der Waals surface area (Å²) < 4.78 is 1.03. The first-order chi connectivity index (χ1) is 4.72. The SMILES string of the molecule is C[C@H](N)c1cnccc1Br. The van der Waals surface area contributed by atoms with Crippen molar-refractivity contribution in [2.45, 2.75) is 13.0 Å². The van der Waals surface area contributed by atoms with Crippen LogP contribution in [-0.4, -0.2) is 4.98 Å². The van der Waals surface area contributed by atoms with E-state index in [1.807, 2.05) is 13.0 Å². The predicted molar refractivity (Wildman–Crippen MR) is 44.5 cm³/mol. The molecule has 0 aliphatic carbocycles. The van der Waals surface area contributed by atoms with Gasteiger partial charge in [0.25, 0.3) is 0 Å². The molecule has 1 rings (SSSR count). The first kappa shape index (κ1) is 7.69. The van der Waals surface area contributed by atoms with Gasteiger partial charge in [-0.2, -0.15) is 0 Å². The van der Waals surface area contributed by atoms with Crippen LogP contribution in [0.2, 0.25) is 0 Å². The Hall–Kier alpha value is -0.410. The number of hydrogen-bond donors (Lipinski definition) is 1. The van der Waals surface area contributed by atoms with Crippen molar-refractivity contribution >= 4 is 15.9 Å². The van der Waals surface area contributed by atoms with Crippen LogP contribution >= 0.6 is 15.9 Å². The lowest BCUT2D eigenvalue weighted by molar-refractivity contribution is 0.806. The highest BCUT2D eigenvalue weighted by Gasteiger charge is 2.02. The van der Waals surface area contributed by atoms with E-state index in [1.165, 1.54) is 0 Å². The molecule has 2 nitrogen and oxygen atoms in total. The maximum atomic E-state index is 5.64. The number of hydrogen-bond acceptors (Lipinski definition) is 2. The Morgan fingerprint density at radius 2 is 2.40 bits per heavy atom. The van der Waals surface area contributed by atoms with Crippen molar-refractivity contribution in [3.8, 4) is 0 Å². The van der Waals surface area contributed by atoms with Crippen LogP contribution in [0.5, 0.6) is 0 Å². The lowest BCUT2D eigenvalue weighted by Crippen LogP contribution is -2.05. The van der Waals surface area contributed by atoms with Gasteiger partial charge in [0, 0.05) is 28.5 Å². The second kappa shape index (κ2) is 3.12. The van der Waals surface area contributed by atoms with Gasteiger partial charge in [0.15, 0.2) is 0 Å². The maximum Gasteiger partial charge on any atom is 0.0326 e. The largest absolute Gasteiger partial charge is 0.324 e. The van der Waals surface area contributed by atoms with E-state index in [9.17, 15) is 0 Å². The maximum absolute atomic E-state index is 5.64. The molecule has 0 saturated heterocycles. The van der Waals surface area contributed by atoms with Crippen LogP contribution in [-0.2, 0) is 0 Å². The molecule has 0 aliphatic rings. The molecule has 0 aliphatic heterocycles. The van der Waals surface area contributed by atoms with Gasteiger partial charge in [0.05, 0.1) is 0 Å². The first-order valence-electron chi connectivity index (χ1n) is 3.07. The molecular weight excluding hydrogens is 192 g/mol. The fraction of sp³-hybridized carbons (Fsp3) is 0.286. The molecule has 0 spiro atoms. The fourth-order valence-electron chi connectivity index (χ4n) is 0.725. The van der Waals surface area contributed by atoms with Crippen molar-refractivity contribution in [2.24, 2.45) is 5.73 Å². The molecular formula is C7H9BrN2. The van der Waals surface area contributed by atoms with Crippen LogP contribution in [0.4, 0.5) is 0 Å². The minimum atomic E-state index is 0.0445. The standard InChI is InChI=1S/C7H9BrN2/c1-5(9)6-4-10-3-2-7(6)8/h2-5H,9H2,1H3/t5-/m0/s1. The van der Waals surface area contributed by atoms with Crippen LogP contribution < -0.4 is 5.73 Å². The van der Waals surface area contributed by atoms with Crippen molar-refractivity contribution < 1.29 is 0 Å². The van der Waals surface area contributed by atoms with Gasteiger partial charge in [-0.05, 0) is 13.0 Å². The van der Waals surface area contributed by atoms with Gasteiger partial charge in [-0.15, -0.1) is 0 Å². The van der Waals surface area contributed by atoms with Crippen LogP contribution in [0, 0.1) is 0 Å². The van der Waals surface area contributed by atoms with Crippen LogP contribution in [0.25, 0.3) is 0 Å². The van der Waals surface area contributed by atoms with Crippen LogP contribution in [0.15, 0.2) is 22.9 Å². The monoisotopic (exact) mass is 200 g/mol. The molecule has 0 unspecified atom stereocenters. The topological polar surface area (TPSA) is 38.9 Å². The van der Waals surface area contributed by atoms with Gasteiger partial charge < -0.3 is 5.73 Å². The number of nitrogens with two attached hydrogens (primary N) is 1. The normalized spacial score (nSPS) is 13.1. The van der Waals surface area contributed by atoms with Gasteiger partial charge in [-0.3, -0.25) is 4.98 Å². The number of pyridine rings is 1. The van der Waals surface area contributed by atoms with E-state index in [-0.39, 0.29) is 6.04 Å². The number of halogens is 1. The Labute approximate surface area is 68.6 Å². The van der Waals surface area contributed by atoms with E-state index in [0.717, 1.165) is 10.0 Å². The zero-order chi connectivity index (χ0) is 7.56. The highest BCUT2D eigenvalue weighted by Crippen LogP contribution is 2.19. The van der Waals surface area contributed by atoms with Gasteiger partial charge in [-0.1, -0.05) is 15.9 Å². The van der Waals surface area contributed by atoms with Crippen molar-refractivity contribution in [2.75, 3.05) is 0 Å². The molecule has 0 bridgehead atoms. The summed E-state index contributed by atoms with van der Waals surface area (Å²) in [7, 11) is 0. The summed E-state index contributed by atoms with van der Waals surface area (Å²) >= 11 is 3.38. The van der Waals surface area contributed by atoms with Gasteiger partial charge in [0.1, 0.15) is 0 Å². The van der Waals surface area contributed by atoms with E-state index < -0.39 is 0 Å². The zero-order valence-corrected chi connectivity index (χ0v) is 7.30. The van der Waals surface area contributed by atoms with Crippen molar-refractivity contribution in [3.63, 3.8) is 0 Å². The molecule has 1 aromatic rings. The summed E-state index contributed by atoms with van der Waals surface area (Å²) in [6.07, 6.45) is 3.50. The van der Waals surface area contributed by atoms with Gasteiger partial charge in [0.2, 0.25) is 0 Å². The minimum Gasteiger partial charge on any atom is -0.324 e. The summed E-state index contributed by atoms with van der Waals surface area (Å²) in [6, 6.07) is 1.93. The smallest absolute Gasteiger partial charge is 0.0326 e. The molecule has 0 fully saturated rings. The molecule has 2 N–H and O–H groups in total. The molecule has 54 valence electrons. The molecule has 3 heteroatoms. The molecule has 1 aromatic heterocycles. The van der Waals surface area contributed by atoms with Crippen molar-refractivity contribution in [3.05, 3.63) is 28.5 Å². The molecule has 0 aromatic carbocycles. The summed E-state index contributed by atoms with van der Waals surface area (Å²) in [5, 5.41) is 0. The second-order valence-electron chi connectivity index (χ2n) is 2.19. The third-order valence-corrected chi connectivity index (χ3v) is 2.01. The summed E-state index contributed by atoms with van der Waals surface area (Å²) in [5.41, 5.74) is 6.69. The van der Waals surface area contributed by atoms with E-state index in [1.54, 1.807) is 12.4 Å². The second-order valence-corrected chi connectivity index (χ2v) is 3.04. The lowest BCUT2D eigenvalue weighted by Gasteiger charge is -2.05. The predicted octanol–water partition coefficient (Wildman–Crippen LogP) is 1.86. The fourth-order valence-corrected chi connectivity index (χ4v) is 1.31. The van der Waals surface area contributed by atoms with Crippen LogP contribution in [0.3, 0.4) is 0 Å². The first-order valence-corrected chi connectivity index (χ1v) is 3.86. The number of aromatic nitrogens is 1. The molecule has 1 heterocycles. The third-order valence-electron chi connectivity index (χ3n) is 1.29. The number of nitrogens with zero attached hydrogens (tertiary/aromatic N) is 1. The Morgan fingerprint density at radius 1 is 1.70 bits per heavy atom. The Morgan fingerprint density at radius 3 is 2.80 bits per heavy atom. The third kappa shape index (κ3) is 1.55. The van der Waals surface area contributed by atoms with Gasteiger partial charge >= 0.3 is 0 Å². The molecule has 0 radical (unpaired) electrons. The van der Waals surface area contributed by atoms with E-state index in [0.29, 0.717) is 0 Å². The van der Waals surface area contributed by atoms with E-state index in [4.69, 9.17) is 5.73 Å². The zero-order valence-electron chi connectivity index (χ0n) is 5.71. The summed E-state index contributed by atoms with van der Waals surface area (Å²) in [6.45, 7) is 1.93. The summed E-state index contributed by atoms with van der Waals surface area (Å²) in [4.78, 5) is 3.96. The van der Waals surface area contributed by atoms with E-state index in [2.05, 4.69) is 20.9 Å². The quantitative estimate of drug-likeness (QED) is 0.753. The lowest BCUT2D eigenvalue weighted by atomic mass is 10.2. The van der Waals surface area contributed by atoms with Crippen molar-refractivity contribution in [1.82, 2.24) is 4.98 Å². The number of rotatable bonds is 1. The Bertz CT molecular complexity index is 223. The van der Waals surface area contributed by atoms with Crippen molar-refractivity contribution in [1.29, 1.82) is 0 Å². The minimum absolute atomic E-state index is 0.0445. The van der Waals surface area contributed by atoms with Crippen LogP contribution in [0.1, 0.15) is 18.5 Å². The summed E-state index contributed by atoms with van der Waals surface area (Å²) in [5.74, 6) is 0. The molecule has 1 atom stereocenters. The molecule has 10 heavy (non-hydrogen) atoms. The molecule has 0 amide bonds. The average molecular weight is 201 g/mol. The average Bonchev–Trinajstić information content (AvgIpc) is 1.88.